The van der Waals surface area contributed by atoms with Crippen molar-refractivity contribution in [3.8, 4) is 0 Å². The van der Waals surface area contributed by atoms with Crippen molar-refractivity contribution < 1.29 is 4.79 Å². The highest BCUT2D eigenvalue weighted by Gasteiger charge is 2.27. The Hall–Kier alpha value is -1.58. The molecular weight excluding hydrogens is 320 g/mol. The molecule has 2 N–H and O–H groups in total. The molecule has 1 aliphatic carbocycles. The van der Waals surface area contributed by atoms with Crippen LogP contribution in [0.3, 0.4) is 0 Å². The Morgan fingerprint density at radius 1 is 1.17 bits per heavy atom. The van der Waals surface area contributed by atoms with Crippen molar-refractivity contribution in [2.24, 2.45) is 11.7 Å². The van der Waals surface area contributed by atoms with Gasteiger partial charge < -0.3 is 10.6 Å². The molecular formula is C20H27ClN2O. The maximum absolute atomic E-state index is 12.4. The monoisotopic (exact) mass is 346 g/mol. The molecule has 2 aromatic carbocycles. The molecule has 0 saturated heterocycles. The maximum Gasteiger partial charge on any atom is 0.222 e. The molecule has 0 unspecified atom stereocenters. The van der Waals surface area contributed by atoms with E-state index in [1.165, 1.54) is 22.8 Å². The predicted octanol–water partition coefficient (Wildman–Crippen LogP) is 3.78. The molecule has 0 radical (unpaired) electrons. The molecule has 1 saturated carbocycles. The van der Waals surface area contributed by atoms with Gasteiger partial charge in [-0.1, -0.05) is 48.9 Å². The summed E-state index contributed by atoms with van der Waals surface area (Å²) in [5.74, 6) is 0.607. The highest BCUT2D eigenvalue weighted by atomic mass is 35.5. The third kappa shape index (κ3) is 4.28. The van der Waals surface area contributed by atoms with Crippen LogP contribution in [-0.2, 0) is 11.2 Å². The second-order valence-electron chi connectivity index (χ2n) is 6.76. The van der Waals surface area contributed by atoms with E-state index >= 15 is 0 Å². The van der Waals surface area contributed by atoms with Crippen LogP contribution in [0.1, 0.15) is 31.2 Å². The summed E-state index contributed by atoms with van der Waals surface area (Å²) >= 11 is 0. The van der Waals surface area contributed by atoms with Crippen LogP contribution < -0.4 is 5.73 Å². The van der Waals surface area contributed by atoms with E-state index in [2.05, 4.69) is 42.5 Å². The van der Waals surface area contributed by atoms with Crippen molar-refractivity contribution in [3.63, 3.8) is 0 Å². The Morgan fingerprint density at radius 2 is 1.92 bits per heavy atom. The number of carbonyl (C=O) groups is 1. The molecule has 0 spiro atoms. The van der Waals surface area contributed by atoms with E-state index in [-0.39, 0.29) is 24.4 Å². The number of fused-ring (bicyclic) bond motifs is 1. The fraction of sp³-hybridized carbons (Fsp3) is 0.450. The lowest BCUT2D eigenvalue weighted by molar-refractivity contribution is -0.130. The quantitative estimate of drug-likeness (QED) is 0.895. The fourth-order valence-electron chi connectivity index (χ4n) is 3.62. The Balaban J connectivity index is 0.00000208. The van der Waals surface area contributed by atoms with Gasteiger partial charge >= 0.3 is 0 Å². The number of benzene rings is 2. The van der Waals surface area contributed by atoms with E-state index in [0.717, 1.165) is 25.8 Å². The summed E-state index contributed by atoms with van der Waals surface area (Å²) in [6.07, 6.45) is 4.83. The number of nitrogens with zero attached hydrogens (tertiary/aromatic N) is 1. The van der Waals surface area contributed by atoms with Gasteiger partial charge in [0.05, 0.1) is 0 Å². The molecule has 3 rings (SSSR count). The van der Waals surface area contributed by atoms with Crippen LogP contribution >= 0.6 is 12.4 Å². The van der Waals surface area contributed by atoms with Gasteiger partial charge in [0.15, 0.2) is 0 Å². The van der Waals surface area contributed by atoms with E-state index in [9.17, 15) is 4.79 Å². The Bertz CT molecular complexity index is 683. The van der Waals surface area contributed by atoms with E-state index in [1.807, 2.05) is 11.9 Å². The molecule has 2 aromatic rings. The van der Waals surface area contributed by atoms with Crippen LogP contribution in [0.2, 0.25) is 0 Å². The van der Waals surface area contributed by atoms with Crippen molar-refractivity contribution >= 4 is 29.1 Å². The summed E-state index contributed by atoms with van der Waals surface area (Å²) in [5.41, 5.74) is 7.39. The van der Waals surface area contributed by atoms with Gasteiger partial charge in [0, 0.05) is 26.1 Å². The minimum Gasteiger partial charge on any atom is -0.345 e. The van der Waals surface area contributed by atoms with Crippen LogP contribution in [0, 0.1) is 5.92 Å². The Kier molecular flexibility index (Phi) is 6.64. The SMILES string of the molecule is CN(CCc1cccc2ccccc12)C(=O)C[C@@H]1CCC[C@H]1N.Cl. The van der Waals surface area contributed by atoms with Gasteiger partial charge in [0.2, 0.25) is 5.91 Å². The number of halogens is 1. The first-order valence-electron chi connectivity index (χ1n) is 8.61. The molecule has 130 valence electrons. The first-order valence-corrected chi connectivity index (χ1v) is 8.61. The van der Waals surface area contributed by atoms with Crippen LogP contribution in [0.4, 0.5) is 0 Å². The van der Waals surface area contributed by atoms with Crippen molar-refractivity contribution in [3.05, 3.63) is 48.0 Å². The molecule has 2 atom stereocenters. The molecule has 4 heteroatoms. The number of hydrogen-bond acceptors (Lipinski definition) is 2. The van der Waals surface area contributed by atoms with Gasteiger partial charge in [-0.05, 0) is 41.5 Å². The molecule has 0 bridgehead atoms. The summed E-state index contributed by atoms with van der Waals surface area (Å²) in [6.45, 7) is 0.759. The van der Waals surface area contributed by atoms with Crippen LogP contribution in [0.25, 0.3) is 10.8 Å². The summed E-state index contributed by atoms with van der Waals surface area (Å²) in [5, 5.41) is 2.55. The molecule has 0 aliphatic heterocycles. The molecule has 1 fully saturated rings. The van der Waals surface area contributed by atoms with E-state index in [0.29, 0.717) is 12.3 Å². The molecule has 3 nitrogen and oxygen atoms in total. The molecule has 0 heterocycles. The lowest BCUT2D eigenvalue weighted by Gasteiger charge is -2.21. The van der Waals surface area contributed by atoms with E-state index in [1.54, 1.807) is 0 Å². The van der Waals surface area contributed by atoms with Crippen molar-refractivity contribution in [1.82, 2.24) is 4.90 Å². The lowest BCUT2D eigenvalue weighted by Crippen LogP contribution is -2.34. The topological polar surface area (TPSA) is 46.3 Å². The highest BCUT2D eigenvalue weighted by Crippen LogP contribution is 2.27. The predicted molar refractivity (Wildman–Crippen MR) is 102 cm³/mol. The number of nitrogens with two attached hydrogens (primary N) is 1. The molecule has 0 aromatic heterocycles. The largest absolute Gasteiger partial charge is 0.345 e. The third-order valence-corrected chi connectivity index (χ3v) is 5.18. The van der Waals surface area contributed by atoms with Gasteiger partial charge in [0.25, 0.3) is 0 Å². The molecule has 24 heavy (non-hydrogen) atoms. The van der Waals surface area contributed by atoms with Crippen LogP contribution in [-0.4, -0.2) is 30.4 Å². The summed E-state index contributed by atoms with van der Waals surface area (Å²) < 4.78 is 0. The standard InChI is InChI=1S/C20H26N2O.ClH/c1-22(20(23)14-17-9-5-11-19(17)21)13-12-16-8-4-7-15-6-2-3-10-18(15)16;/h2-4,6-8,10,17,19H,5,9,11-14,21H2,1H3;1H/t17-,19+;/m0./s1. The lowest BCUT2D eigenvalue weighted by atomic mass is 9.99. The molecule has 1 amide bonds. The number of hydrogen-bond donors (Lipinski definition) is 1. The second-order valence-corrected chi connectivity index (χ2v) is 6.76. The number of carbonyl (C=O) groups excluding carboxylic acids is 1. The van der Waals surface area contributed by atoms with Crippen molar-refractivity contribution in [1.29, 1.82) is 0 Å². The highest BCUT2D eigenvalue weighted by molar-refractivity contribution is 5.86. The number of amides is 1. The van der Waals surface area contributed by atoms with Gasteiger partial charge in [-0.3, -0.25) is 4.79 Å². The first kappa shape index (κ1) is 18.8. The zero-order chi connectivity index (χ0) is 16.2. The van der Waals surface area contributed by atoms with Crippen LogP contribution in [0.15, 0.2) is 42.5 Å². The number of likely N-dealkylation sites (N-methyl/N-ethyl adjacent to an activating group) is 1. The van der Waals surface area contributed by atoms with Crippen LogP contribution in [0.5, 0.6) is 0 Å². The van der Waals surface area contributed by atoms with Gasteiger partial charge in [0.1, 0.15) is 0 Å². The normalized spacial score (nSPS) is 19.9. The number of rotatable bonds is 5. The van der Waals surface area contributed by atoms with Crippen molar-refractivity contribution in [2.45, 2.75) is 38.1 Å². The average Bonchev–Trinajstić information content (AvgIpc) is 2.97. The maximum atomic E-state index is 12.4. The summed E-state index contributed by atoms with van der Waals surface area (Å²) in [6, 6.07) is 15.0. The minimum atomic E-state index is 0. The second kappa shape index (κ2) is 8.50. The average molecular weight is 347 g/mol. The first-order chi connectivity index (χ1) is 11.1. The van der Waals surface area contributed by atoms with E-state index < -0.39 is 0 Å². The smallest absolute Gasteiger partial charge is 0.222 e. The summed E-state index contributed by atoms with van der Waals surface area (Å²) in [4.78, 5) is 14.3. The Labute approximate surface area is 150 Å². The third-order valence-electron chi connectivity index (χ3n) is 5.18. The van der Waals surface area contributed by atoms with Crippen molar-refractivity contribution in [2.75, 3.05) is 13.6 Å². The summed E-state index contributed by atoms with van der Waals surface area (Å²) in [7, 11) is 1.91. The zero-order valence-corrected chi connectivity index (χ0v) is 15.1. The fourth-order valence-corrected chi connectivity index (χ4v) is 3.62. The Morgan fingerprint density at radius 3 is 2.67 bits per heavy atom. The van der Waals surface area contributed by atoms with Gasteiger partial charge in [-0.2, -0.15) is 0 Å². The van der Waals surface area contributed by atoms with E-state index in [4.69, 9.17) is 5.73 Å². The zero-order valence-electron chi connectivity index (χ0n) is 14.3. The van der Waals surface area contributed by atoms with Gasteiger partial charge in [-0.25, -0.2) is 0 Å². The van der Waals surface area contributed by atoms with Gasteiger partial charge in [-0.15, -0.1) is 12.4 Å². The molecule has 1 aliphatic rings. The minimum absolute atomic E-state index is 0.